The van der Waals surface area contributed by atoms with Crippen LogP contribution >= 0.6 is 23.4 Å². The van der Waals surface area contributed by atoms with Crippen LogP contribution in [0.4, 0.5) is 5.69 Å². The number of nitrogens with one attached hydrogen (secondary N) is 1. The lowest BCUT2D eigenvalue weighted by Gasteiger charge is -2.13. The lowest BCUT2D eigenvalue weighted by atomic mass is 10.2. The molecule has 0 spiro atoms. The van der Waals surface area contributed by atoms with Crippen LogP contribution in [0.2, 0.25) is 5.02 Å². The Labute approximate surface area is 189 Å². The number of ether oxygens (including phenoxy) is 1. The van der Waals surface area contributed by atoms with Crippen LogP contribution in [-0.4, -0.2) is 49.2 Å². The summed E-state index contributed by atoms with van der Waals surface area (Å²) in [6, 6.07) is 12.4. The van der Waals surface area contributed by atoms with Crippen molar-refractivity contribution in [1.82, 2.24) is 4.90 Å². The number of sulfonamides is 1. The third-order valence-corrected chi connectivity index (χ3v) is 7.21. The summed E-state index contributed by atoms with van der Waals surface area (Å²) in [5, 5.41) is 2.40. The lowest BCUT2D eigenvalue weighted by molar-refractivity contribution is -0.128. The van der Waals surface area contributed by atoms with E-state index in [0.29, 0.717) is 16.5 Å². The molecule has 0 radical (unpaired) electrons. The number of carbonyl (C=O) groups is 2. The zero-order chi connectivity index (χ0) is 22.6. The molecule has 0 bridgehead atoms. The molecule has 0 aromatic heterocycles. The summed E-state index contributed by atoms with van der Waals surface area (Å²) >= 11 is 6.77. The van der Waals surface area contributed by atoms with Crippen molar-refractivity contribution in [3.8, 4) is 5.75 Å². The van der Waals surface area contributed by atoms with Gasteiger partial charge in [-0.15, -0.1) is 4.40 Å². The highest BCUT2D eigenvalue weighted by atomic mass is 35.5. The second kappa shape index (κ2) is 9.71. The number of carbonyl (C=O) groups excluding carboxylic acids is 2. The molecular formula is C20H20ClN3O5S2. The topological polar surface area (TPSA) is 105 Å². The highest BCUT2D eigenvalue weighted by molar-refractivity contribution is 8.16. The van der Waals surface area contributed by atoms with Crippen molar-refractivity contribution in [2.45, 2.75) is 23.5 Å². The molecule has 1 atom stereocenters. The maximum absolute atomic E-state index is 12.7. The number of methoxy groups -OCH3 is 1. The molecule has 2 aromatic carbocycles. The van der Waals surface area contributed by atoms with Gasteiger partial charge in [0, 0.05) is 23.7 Å². The van der Waals surface area contributed by atoms with Crippen LogP contribution in [0, 0.1) is 0 Å². The number of amides is 2. The Bertz CT molecular complexity index is 1100. The smallest absolute Gasteiger partial charge is 0.284 e. The summed E-state index contributed by atoms with van der Waals surface area (Å²) in [7, 11) is -2.49. The van der Waals surface area contributed by atoms with Gasteiger partial charge in [0.2, 0.25) is 11.8 Å². The average Bonchev–Trinajstić information content (AvgIpc) is 3.02. The molecule has 2 amide bonds. The first-order chi connectivity index (χ1) is 14.7. The Kier molecular flexibility index (Phi) is 7.24. The summed E-state index contributed by atoms with van der Waals surface area (Å²) in [6.07, 6.45) is -0.119. The van der Waals surface area contributed by atoms with Gasteiger partial charge in [-0.2, -0.15) is 8.42 Å². The average molecular weight is 482 g/mol. The van der Waals surface area contributed by atoms with Crippen LogP contribution in [0.5, 0.6) is 5.75 Å². The standard InChI is InChI=1S/C20H20ClN3O5S2/c1-3-24-19(26)17(12-18(25)22-14-6-8-15(29-2)9-7-14)30-20(24)23-31(27,28)16-10-4-13(21)5-11-16/h4-11,17H,3,12H2,1-2H3,(H,22,25)/t17-/m1/s1. The summed E-state index contributed by atoms with van der Waals surface area (Å²) in [6.45, 7) is 1.94. The highest BCUT2D eigenvalue weighted by Gasteiger charge is 2.39. The van der Waals surface area contributed by atoms with Crippen molar-refractivity contribution < 1.29 is 22.7 Å². The van der Waals surface area contributed by atoms with Crippen molar-refractivity contribution in [3.63, 3.8) is 0 Å². The quantitative estimate of drug-likeness (QED) is 0.649. The van der Waals surface area contributed by atoms with E-state index in [1.807, 2.05) is 0 Å². The molecule has 0 aliphatic carbocycles. The van der Waals surface area contributed by atoms with Gasteiger partial charge in [-0.05, 0) is 55.5 Å². The van der Waals surface area contributed by atoms with E-state index in [4.69, 9.17) is 16.3 Å². The van der Waals surface area contributed by atoms with Gasteiger partial charge < -0.3 is 10.1 Å². The minimum absolute atomic E-state index is 0.0331. The maximum atomic E-state index is 12.7. The van der Waals surface area contributed by atoms with E-state index in [0.717, 1.165) is 11.8 Å². The number of amidine groups is 1. The van der Waals surface area contributed by atoms with Gasteiger partial charge in [-0.25, -0.2) is 0 Å². The summed E-state index contributed by atoms with van der Waals surface area (Å²) < 4.78 is 34.2. The summed E-state index contributed by atoms with van der Waals surface area (Å²) in [5.74, 6) is -0.0721. The van der Waals surface area contributed by atoms with Crippen LogP contribution in [0.3, 0.4) is 0 Å². The number of anilines is 1. The van der Waals surface area contributed by atoms with Gasteiger partial charge in [0.05, 0.1) is 12.0 Å². The second-order valence-electron chi connectivity index (χ2n) is 6.47. The fraction of sp³-hybridized carbons (Fsp3) is 0.250. The van der Waals surface area contributed by atoms with E-state index < -0.39 is 15.3 Å². The molecule has 0 unspecified atom stereocenters. The molecule has 2 aromatic rings. The maximum Gasteiger partial charge on any atom is 0.284 e. The molecule has 1 aliphatic rings. The van der Waals surface area contributed by atoms with Gasteiger partial charge in [0.15, 0.2) is 5.17 Å². The molecule has 164 valence electrons. The van der Waals surface area contributed by atoms with Gasteiger partial charge in [0.1, 0.15) is 11.0 Å². The number of halogens is 1. The van der Waals surface area contributed by atoms with Crippen molar-refractivity contribution in [1.29, 1.82) is 0 Å². The Morgan fingerprint density at radius 3 is 2.42 bits per heavy atom. The lowest BCUT2D eigenvalue weighted by Crippen LogP contribution is -2.33. The van der Waals surface area contributed by atoms with Crippen LogP contribution in [0.1, 0.15) is 13.3 Å². The van der Waals surface area contributed by atoms with Gasteiger partial charge in [-0.1, -0.05) is 23.4 Å². The molecule has 11 heteroatoms. The second-order valence-corrected chi connectivity index (χ2v) is 9.68. The number of hydrogen-bond acceptors (Lipinski definition) is 6. The molecule has 8 nitrogen and oxygen atoms in total. The zero-order valence-corrected chi connectivity index (χ0v) is 19.1. The van der Waals surface area contributed by atoms with Gasteiger partial charge in [-0.3, -0.25) is 14.5 Å². The predicted octanol–water partition coefficient (Wildman–Crippen LogP) is 3.39. The van der Waals surface area contributed by atoms with Crippen LogP contribution in [-0.2, 0) is 19.6 Å². The number of nitrogens with zero attached hydrogens (tertiary/aromatic N) is 2. The van der Waals surface area contributed by atoms with Crippen molar-refractivity contribution in [2.24, 2.45) is 4.40 Å². The number of hydrogen-bond donors (Lipinski definition) is 1. The normalized spacial score (nSPS) is 17.8. The first-order valence-electron chi connectivity index (χ1n) is 9.26. The zero-order valence-electron chi connectivity index (χ0n) is 16.7. The fourth-order valence-corrected chi connectivity index (χ4v) is 5.36. The Balaban J connectivity index is 1.73. The molecule has 0 saturated carbocycles. The Morgan fingerprint density at radius 1 is 1.19 bits per heavy atom. The number of rotatable bonds is 7. The monoisotopic (exact) mass is 481 g/mol. The van der Waals surface area contributed by atoms with Gasteiger partial charge in [0.25, 0.3) is 10.0 Å². The molecule has 1 N–H and O–H groups in total. The fourth-order valence-electron chi connectivity index (χ4n) is 2.82. The van der Waals surface area contributed by atoms with E-state index in [1.165, 1.54) is 29.2 Å². The molecule has 31 heavy (non-hydrogen) atoms. The molecule has 1 fully saturated rings. The summed E-state index contributed by atoms with van der Waals surface area (Å²) in [5.41, 5.74) is 0.563. The third kappa shape index (κ3) is 5.57. The number of benzene rings is 2. The Morgan fingerprint density at radius 2 is 1.84 bits per heavy atom. The summed E-state index contributed by atoms with van der Waals surface area (Å²) in [4.78, 5) is 26.3. The van der Waals surface area contributed by atoms with Crippen molar-refractivity contribution in [3.05, 3.63) is 53.6 Å². The van der Waals surface area contributed by atoms with Crippen LogP contribution < -0.4 is 10.1 Å². The molecule has 1 heterocycles. The minimum Gasteiger partial charge on any atom is -0.497 e. The Hall–Kier alpha value is -2.56. The van der Waals surface area contributed by atoms with E-state index in [1.54, 1.807) is 38.3 Å². The van der Waals surface area contributed by atoms with Crippen LogP contribution in [0.25, 0.3) is 0 Å². The largest absolute Gasteiger partial charge is 0.497 e. The molecular weight excluding hydrogens is 462 g/mol. The molecule has 1 aliphatic heterocycles. The highest BCUT2D eigenvalue weighted by Crippen LogP contribution is 2.31. The first-order valence-corrected chi connectivity index (χ1v) is 12.0. The van der Waals surface area contributed by atoms with E-state index in [9.17, 15) is 18.0 Å². The molecule has 1 saturated heterocycles. The number of thioether (sulfide) groups is 1. The molecule has 3 rings (SSSR count). The van der Waals surface area contributed by atoms with E-state index in [-0.39, 0.29) is 34.8 Å². The van der Waals surface area contributed by atoms with Crippen LogP contribution in [0.15, 0.2) is 57.8 Å². The minimum atomic E-state index is -4.03. The van der Waals surface area contributed by atoms with E-state index in [2.05, 4.69) is 9.71 Å². The van der Waals surface area contributed by atoms with E-state index >= 15 is 0 Å². The van der Waals surface area contributed by atoms with Crippen molar-refractivity contribution >= 4 is 56.1 Å². The third-order valence-electron chi connectivity index (χ3n) is 4.39. The SMILES string of the molecule is CCN1C(=O)[C@@H](CC(=O)Nc2ccc(OC)cc2)SC1=NS(=O)(=O)c1ccc(Cl)cc1. The first kappa shape index (κ1) is 23.1. The predicted molar refractivity (Wildman–Crippen MR) is 121 cm³/mol. The van der Waals surface area contributed by atoms with Crippen molar-refractivity contribution in [2.75, 3.05) is 19.0 Å². The van der Waals surface area contributed by atoms with Gasteiger partial charge >= 0.3 is 0 Å².